The molecular formula is C3H4O2. The fraction of sp³-hybridized carbons (Fsp3) is 0.333. The van der Waals surface area contributed by atoms with Gasteiger partial charge in [-0.15, -0.1) is 0 Å². The largest absolute Gasteiger partial charge is 0.295 e. The van der Waals surface area contributed by atoms with Crippen LogP contribution in [0.25, 0.3) is 0 Å². The van der Waals surface area contributed by atoms with Gasteiger partial charge in [-0.25, -0.2) is 0 Å². The first-order valence-electron chi connectivity index (χ1n) is 1.23. The quantitative estimate of drug-likeness (QED) is 0.318. The molecule has 0 rings (SSSR count). The number of hydrogen-bond acceptors (Lipinski definition) is 2. The van der Waals surface area contributed by atoms with Gasteiger partial charge in [-0.1, -0.05) is 0 Å². The third kappa shape index (κ3) is 3.34. The first-order chi connectivity index (χ1) is 2.27. The molecule has 0 bridgehead atoms. The van der Waals surface area contributed by atoms with Crippen LogP contribution in [0.15, 0.2) is 0 Å². The highest BCUT2D eigenvalue weighted by atomic mass is 16.2. The number of carbonyl (C=O) groups is 2. The smallest absolute Gasteiger partial charge is 0.192 e. The Hall–Kier alpha value is -0.660. The molecule has 28 valence electrons. The van der Waals surface area contributed by atoms with Crippen molar-refractivity contribution in [1.82, 2.24) is 0 Å². The van der Waals surface area contributed by atoms with E-state index in [0.717, 1.165) is 0 Å². The van der Waals surface area contributed by atoms with Crippen molar-refractivity contribution in [2.45, 2.75) is 6.92 Å². The van der Waals surface area contributed by atoms with Gasteiger partial charge in [0.25, 0.3) is 0 Å². The summed E-state index contributed by atoms with van der Waals surface area (Å²) in [7, 11) is 0. The molecule has 2 heteroatoms. The summed E-state index contributed by atoms with van der Waals surface area (Å²) in [6.45, 7) is 1.22. The van der Waals surface area contributed by atoms with Gasteiger partial charge in [-0.2, -0.15) is 0 Å². The van der Waals surface area contributed by atoms with Gasteiger partial charge < -0.3 is 0 Å². The van der Waals surface area contributed by atoms with Crippen LogP contribution in [0.2, 0.25) is 0 Å². The maximum atomic E-state index is 9.44. The zero-order chi connectivity index (χ0) is 4.28. The Morgan fingerprint density at radius 3 is 2.00 bits per heavy atom. The van der Waals surface area contributed by atoms with Crippen molar-refractivity contribution in [2.75, 3.05) is 0 Å². The van der Waals surface area contributed by atoms with Gasteiger partial charge in [0, 0.05) is 6.92 Å². The average molecular weight is 74.1 g/mol. The van der Waals surface area contributed by atoms with Gasteiger partial charge in [0.2, 0.25) is 0 Å². The van der Waals surface area contributed by atoms with Crippen LogP contribution in [0.4, 0.5) is 0 Å². The standard InChI is InChI=1S/C3H4O2/c1-3(5)2-4/h2H,1H3/i1+2. The van der Waals surface area contributed by atoms with E-state index in [1.807, 2.05) is 0 Å². The van der Waals surface area contributed by atoms with Crippen molar-refractivity contribution in [1.29, 1.82) is 0 Å². The molecule has 0 fully saturated rings. The van der Waals surface area contributed by atoms with Crippen LogP contribution >= 0.6 is 0 Å². The van der Waals surface area contributed by atoms with E-state index in [4.69, 9.17) is 4.79 Å². The average Bonchev–Trinajstić information content (AvgIpc) is 1.38. The molecule has 0 saturated heterocycles. The van der Waals surface area contributed by atoms with Gasteiger partial charge in [0.15, 0.2) is 12.1 Å². The van der Waals surface area contributed by atoms with Crippen molar-refractivity contribution < 1.29 is 9.59 Å². The van der Waals surface area contributed by atoms with Crippen LogP contribution in [0.3, 0.4) is 0 Å². The first kappa shape index (κ1) is 4.34. The van der Waals surface area contributed by atoms with Crippen LogP contribution in [0.5, 0.6) is 0 Å². The summed E-state index contributed by atoms with van der Waals surface area (Å²) < 4.78 is 0. The summed E-state index contributed by atoms with van der Waals surface area (Å²) in [4.78, 5) is 18.6. The van der Waals surface area contributed by atoms with E-state index in [9.17, 15) is 4.79 Å². The number of ketones is 1. The second kappa shape index (κ2) is 1.64. The minimum Gasteiger partial charge on any atom is -0.295 e. The second-order valence-corrected chi connectivity index (χ2v) is 0.729. The summed E-state index contributed by atoms with van der Waals surface area (Å²) in [5, 5.41) is 0. The number of carbonyl (C=O) groups excluding carboxylic acids is 2. The molecule has 0 aliphatic rings. The van der Waals surface area contributed by atoms with E-state index in [1.165, 1.54) is 6.92 Å². The highest BCUT2D eigenvalue weighted by Gasteiger charge is 1.76. The second-order valence-electron chi connectivity index (χ2n) is 0.729. The Bertz CT molecular complexity index is 55.9. The number of aldehydes is 1. The number of hydrogen-bond donors (Lipinski definition) is 0. The SMILES string of the molecule is [14CH3]C(=O)C=O. The van der Waals surface area contributed by atoms with Crippen LogP contribution in [0.1, 0.15) is 6.92 Å². The van der Waals surface area contributed by atoms with Crippen molar-refractivity contribution in [2.24, 2.45) is 0 Å². The molecule has 0 aromatic rings. The summed E-state index contributed by atoms with van der Waals surface area (Å²) in [5.41, 5.74) is 0. The van der Waals surface area contributed by atoms with Crippen molar-refractivity contribution in [3.05, 3.63) is 0 Å². The minimum absolute atomic E-state index is 0.278. The lowest BCUT2D eigenvalue weighted by Crippen LogP contribution is -1.85. The topological polar surface area (TPSA) is 34.1 Å². The number of rotatable bonds is 1. The minimum atomic E-state index is -0.426. The highest BCUT2D eigenvalue weighted by molar-refractivity contribution is 6.23. The van der Waals surface area contributed by atoms with Gasteiger partial charge in [0.1, 0.15) is 0 Å². The van der Waals surface area contributed by atoms with Crippen molar-refractivity contribution >= 4 is 12.1 Å². The van der Waals surface area contributed by atoms with Crippen LogP contribution < -0.4 is 0 Å². The molecule has 0 saturated carbocycles. The lowest BCUT2D eigenvalue weighted by atomic mass is 10.8. The summed E-state index contributed by atoms with van der Waals surface area (Å²) in [6.07, 6.45) is 0.278. The lowest BCUT2D eigenvalue weighted by Gasteiger charge is -1.57. The Morgan fingerprint density at radius 1 is 1.80 bits per heavy atom. The molecule has 0 aliphatic carbocycles. The van der Waals surface area contributed by atoms with Gasteiger partial charge in [-0.3, -0.25) is 9.59 Å². The van der Waals surface area contributed by atoms with Gasteiger partial charge in [0.05, 0.1) is 0 Å². The Kier molecular flexibility index (Phi) is 1.42. The maximum absolute atomic E-state index is 9.44. The highest BCUT2D eigenvalue weighted by Crippen LogP contribution is 1.48. The lowest BCUT2D eigenvalue weighted by molar-refractivity contribution is -0.128. The molecule has 2 nitrogen and oxygen atoms in total. The van der Waals surface area contributed by atoms with Crippen LogP contribution in [0, 0.1) is 0 Å². The zero-order valence-corrected chi connectivity index (χ0v) is 2.89. The predicted octanol–water partition coefficient (Wildman–Crippen LogP) is -0.226. The summed E-state index contributed by atoms with van der Waals surface area (Å²) >= 11 is 0. The molecule has 0 unspecified atom stereocenters. The van der Waals surface area contributed by atoms with Gasteiger partial charge in [-0.05, 0) is 0 Å². The van der Waals surface area contributed by atoms with E-state index in [0.29, 0.717) is 0 Å². The van der Waals surface area contributed by atoms with Crippen molar-refractivity contribution in [3.63, 3.8) is 0 Å². The molecular weight excluding hydrogens is 70.0 g/mol. The molecule has 0 spiro atoms. The van der Waals surface area contributed by atoms with E-state index >= 15 is 0 Å². The molecule has 0 aliphatic heterocycles. The monoisotopic (exact) mass is 74.0 g/mol. The zero-order valence-electron chi connectivity index (χ0n) is 2.89. The molecule has 0 aromatic heterocycles. The molecule has 0 aromatic carbocycles. The molecule has 0 atom stereocenters. The summed E-state index contributed by atoms with van der Waals surface area (Å²) in [6, 6.07) is 0. The Balaban J connectivity index is 3.20. The molecule has 0 amide bonds. The first-order valence-corrected chi connectivity index (χ1v) is 1.23. The van der Waals surface area contributed by atoms with E-state index in [2.05, 4.69) is 0 Å². The number of Topliss-reactive ketones (excluding diaryl/α,β-unsaturated/α-hetero) is 1. The van der Waals surface area contributed by atoms with Crippen LogP contribution in [-0.2, 0) is 9.59 Å². The molecule has 0 N–H and O–H groups in total. The van der Waals surface area contributed by atoms with Crippen LogP contribution in [-0.4, -0.2) is 12.1 Å². The maximum Gasteiger partial charge on any atom is 0.192 e. The molecule has 5 heavy (non-hydrogen) atoms. The third-order valence-corrected chi connectivity index (χ3v) is 0.166. The van der Waals surface area contributed by atoms with E-state index in [-0.39, 0.29) is 6.29 Å². The Labute approximate surface area is 29.8 Å². The summed E-state index contributed by atoms with van der Waals surface area (Å²) in [5.74, 6) is -0.426. The predicted molar refractivity (Wildman–Crippen MR) is 16.7 cm³/mol. The third-order valence-electron chi connectivity index (χ3n) is 0.166. The van der Waals surface area contributed by atoms with E-state index in [1.54, 1.807) is 0 Å². The Morgan fingerprint density at radius 2 is 2.00 bits per heavy atom. The van der Waals surface area contributed by atoms with Crippen molar-refractivity contribution in [3.8, 4) is 0 Å². The normalized spacial score (nSPS) is 6.60. The molecule has 0 radical (unpaired) electrons. The fourth-order valence-electron chi connectivity index (χ4n) is 0. The molecule has 0 heterocycles. The fourth-order valence-corrected chi connectivity index (χ4v) is 0. The van der Waals surface area contributed by atoms with Gasteiger partial charge >= 0.3 is 0 Å². The van der Waals surface area contributed by atoms with E-state index < -0.39 is 5.78 Å².